The predicted molar refractivity (Wildman–Crippen MR) is 83.0 cm³/mol. The van der Waals surface area contributed by atoms with Crippen molar-refractivity contribution < 1.29 is 4.79 Å². The molecule has 2 heterocycles. The standard InChI is InChI=1S/C18H24N2O/c21-18(20-10-9-13-5-2-4-8-17(13)20)16-12-19-11-14-6-1-3-7-15(14)16/h1,3,6-7,13,16-17,19H,2,4-5,8-12H2. The fourth-order valence-corrected chi connectivity index (χ4v) is 4.60. The van der Waals surface area contributed by atoms with Gasteiger partial charge in [-0.05, 0) is 36.3 Å². The number of fused-ring (bicyclic) bond motifs is 2. The van der Waals surface area contributed by atoms with Gasteiger partial charge in [0.1, 0.15) is 0 Å². The molecule has 1 saturated carbocycles. The van der Waals surface area contributed by atoms with Gasteiger partial charge in [-0.3, -0.25) is 4.79 Å². The molecule has 4 rings (SSSR count). The molecule has 2 aliphatic heterocycles. The van der Waals surface area contributed by atoms with Crippen LogP contribution in [0.3, 0.4) is 0 Å². The van der Waals surface area contributed by atoms with Crippen molar-refractivity contribution in [2.75, 3.05) is 13.1 Å². The van der Waals surface area contributed by atoms with E-state index in [1.54, 1.807) is 0 Å². The molecule has 0 spiro atoms. The summed E-state index contributed by atoms with van der Waals surface area (Å²) in [5.74, 6) is 1.16. The Labute approximate surface area is 126 Å². The van der Waals surface area contributed by atoms with E-state index in [1.807, 2.05) is 0 Å². The summed E-state index contributed by atoms with van der Waals surface area (Å²) in [5.41, 5.74) is 2.54. The maximum atomic E-state index is 13.1. The van der Waals surface area contributed by atoms with E-state index < -0.39 is 0 Å². The van der Waals surface area contributed by atoms with Gasteiger partial charge in [-0.2, -0.15) is 0 Å². The third-order valence-corrected chi connectivity index (χ3v) is 5.69. The van der Waals surface area contributed by atoms with E-state index in [-0.39, 0.29) is 5.92 Å². The Balaban J connectivity index is 1.58. The second-order valence-corrected chi connectivity index (χ2v) is 6.81. The molecule has 1 aromatic rings. The molecule has 3 heteroatoms. The molecule has 1 N–H and O–H groups in total. The van der Waals surface area contributed by atoms with Crippen LogP contribution in [-0.2, 0) is 11.3 Å². The van der Waals surface area contributed by atoms with Crippen molar-refractivity contribution in [1.29, 1.82) is 0 Å². The lowest BCUT2D eigenvalue weighted by Crippen LogP contribution is -2.45. The number of benzene rings is 1. The zero-order valence-electron chi connectivity index (χ0n) is 12.6. The summed E-state index contributed by atoms with van der Waals surface area (Å²) in [6.07, 6.45) is 6.42. The lowest BCUT2D eigenvalue weighted by atomic mass is 9.84. The van der Waals surface area contributed by atoms with Crippen molar-refractivity contribution >= 4 is 5.91 Å². The van der Waals surface area contributed by atoms with Crippen molar-refractivity contribution in [3.8, 4) is 0 Å². The zero-order valence-corrected chi connectivity index (χ0v) is 12.6. The minimum atomic E-state index is 0.0237. The summed E-state index contributed by atoms with van der Waals surface area (Å²) in [5, 5.41) is 3.42. The summed E-state index contributed by atoms with van der Waals surface area (Å²) < 4.78 is 0. The molecule has 1 amide bonds. The molecule has 0 aromatic heterocycles. The highest BCUT2D eigenvalue weighted by Gasteiger charge is 2.41. The topological polar surface area (TPSA) is 32.3 Å². The van der Waals surface area contributed by atoms with Gasteiger partial charge in [0.05, 0.1) is 5.92 Å². The number of amides is 1. The molecule has 1 saturated heterocycles. The van der Waals surface area contributed by atoms with E-state index >= 15 is 0 Å². The Morgan fingerprint density at radius 3 is 2.95 bits per heavy atom. The van der Waals surface area contributed by atoms with Crippen LogP contribution in [0, 0.1) is 5.92 Å². The van der Waals surface area contributed by atoms with Crippen molar-refractivity contribution in [3.63, 3.8) is 0 Å². The molecule has 0 radical (unpaired) electrons. The van der Waals surface area contributed by atoms with E-state index in [0.717, 1.165) is 25.6 Å². The first kappa shape index (κ1) is 13.3. The summed E-state index contributed by atoms with van der Waals surface area (Å²) >= 11 is 0. The fourth-order valence-electron chi connectivity index (χ4n) is 4.60. The summed E-state index contributed by atoms with van der Waals surface area (Å²) in [4.78, 5) is 15.3. The van der Waals surface area contributed by atoms with Crippen LogP contribution in [0.15, 0.2) is 24.3 Å². The van der Waals surface area contributed by atoms with Gasteiger partial charge in [0, 0.05) is 25.7 Å². The maximum Gasteiger partial charge on any atom is 0.231 e. The van der Waals surface area contributed by atoms with Crippen LogP contribution >= 0.6 is 0 Å². The monoisotopic (exact) mass is 284 g/mol. The van der Waals surface area contributed by atoms with Crippen LogP contribution in [0.2, 0.25) is 0 Å². The number of hydrogen-bond acceptors (Lipinski definition) is 2. The van der Waals surface area contributed by atoms with Gasteiger partial charge in [-0.25, -0.2) is 0 Å². The second-order valence-electron chi connectivity index (χ2n) is 6.81. The van der Waals surface area contributed by atoms with Crippen molar-refractivity contribution in [1.82, 2.24) is 10.2 Å². The minimum absolute atomic E-state index is 0.0237. The van der Waals surface area contributed by atoms with E-state index in [4.69, 9.17) is 0 Å². The molecule has 0 bridgehead atoms. The lowest BCUT2D eigenvalue weighted by molar-refractivity contribution is -0.134. The number of rotatable bonds is 1. The first-order valence-electron chi connectivity index (χ1n) is 8.43. The zero-order chi connectivity index (χ0) is 14.2. The lowest BCUT2D eigenvalue weighted by Gasteiger charge is -2.35. The van der Waals surface area contributed by atoms with Crippen LogP contribution < -0.4 is 5.32 Å². The molecule has 3 unspecified atom stereocenters. The van der Waals surface area contributed by atoms with Crippen LogP contribution in [0.25, 0.3) is 0 Å². The average molecular weight is 284 g/mol. The number of carbonyl (C=O) groups is 1. The summed E-state index contributed by atoms with van der Waals surface area (Å²) in [6, 6.07) is 8.96. The van der Waals surface area contributed by atoms with Crippen molar-refractivity contribution in [2.45, 2.75) is 50.6 Å². The van der Waals surface area contributed by atoms with Crippen LogP contribution in [0.5, 0.6) is 0 Å². The first-order valence-corrected chi connectivity index (χ1v) is 8.43. The van der Waals surface area contributed by atoms with Crippen LogP contribution in [0.1, 0.15) is 49.1 Å². The third-order valence-electron chi connectivity index (χ3n) is 5.69. The number of nitrogens with zero attached hydrogens (tertiary/aromatic N) is 1. The molecule has 3 atom stereocenters. The van der Waals surface area contributed by atoms with Crippen LogP contribution in [-0.4, -0.2) is 29.9 Å². The largest absolute Gasteiger partial charge is 0.339 e. The van der Waals surface area contributed by atoms with Gasteiger partial charge in [0.2, 0.25) is 5.91 Å². The van der Waals surface area contributed by atoms with Gasteiger partial charge >= 0.3 is 0 Å². The summed E-state index contributed by atoms with van der Waals surface area (Å²) in [7, 11) is 0. The molecule has 1 aliphatic carbocycles. The Morgan fingerprint density at radius 2 is 2.00 bits per heavy atom. The smallest absolute Gasteiger partial charge is 0.231 e. The third kappa shape index (κ3) is 2.28. The Morgan fingerprint density at radius 1 is 1.14 bits per heavy atom. The second kappa shape index (κ2) is 5.45. The number of carbonyl (C=O) groups excluding carboxylic acids is 1. The summed E-state index contributed by atoms with van der Waals surface area (Å²) in [6.45, 7) is 2.67. The van der Waals surface area contributed by atoms with Gasteiger partial charge in [-0.15, -0.1) is 0 Å². The quantitative estimate of drug-likeness (QED) is 0.860. The number of nitrogens with one attached hydrogen (secondary N) is 1. The highest BCUT2D eigenvalue weighted by molar-refractivity contribution is 5.85. The normalized spacial score (nSPS) is 31.6. The van der Waals surface area contributed by atoms with Gasteiger partial charge in [0.15, 0.2) is 0 Å². The Hall–Kier alpha value is -1.35. The van der Waals surface area contributed by atoms with Crippen molar-refractivity contribution in [3.05, 3.63) is 35.4 Å². The van der Waals surface area contributed by atoms with Gasteiger partial charge < -0.3 is 10.2 Å². The van der Waals surface area contributed by atoms with Crippen LogP contribution in [0.4, 0.5) is 0 Å². The number of hydrogen-bond donors (Lipinski definition) is 1. The van der Waals surface area contributed by atoms with Gasteiger partial charge in [0.25, 0.3) is 0 Å². The van der Waals surface area contributed by atoms with E-state index in [9.17, 15) is 4.79 Å². The SMILES string of the molecule is O=C(C1CNCc2ccccc21)N1CCC2CCCCC21. The van der Waals surface area contributed by atoms with E-state index in [2.05, 4.69) is 34.5 Å². The highest BCUT2D eigenvalue weighted by Crippen LogP contribution is 2.38. The average Bonchev–Trinajstić information content (AvgIpc) is 2.98. The Kier molecular flexibility index (Phi) is 3.46. The van der Waals surface area contributed by atoms with Gasteiger partial charge in [-0.1, -0.05) is 37.1 Å². The highest BCUT2D eigenvalue weighted by atomic mass is 16.2. The fraction of sp³-hybridized carbons (Fsp3) is 0.611. The molecular weight excluding hydrogens is 260 g/mol. The molecule has 1 aromatic carbocycles. The molecule has 3 aliphatic rings. The van der Waals surface area contributed by atoms with E-state index in [1.165, 1.54) is 43.2 Å². The maximum absolute atomic E-state index is 13.1. The Bertz CT molecular complexity index is 542. The van der Waals surface area contributed by atoms with Crippen molar-refractivity contribution in [2.24, 2.45) is 5.92 Å². The number of likely N-dealkylation sites (tertiary alicyclic amines) is 1. The minimum Gasteiger partial charge on any atom is -0.339 e. The predicted octanol–water partition coefficient (Wildman–Crippen LogP) is 2.66. The molecule has 3 nitrogen and oxygen atoms in total. The molecular formula is C18H24N2O. The first-order chi connectivity index (χ1) is 10.3. The van der Waals surface area contributed by atoms with E-state index in [0.29, 0.717) is 11.9 Å². The molecule has 21 heavy (non-hydrogen) atoms. The molecule has 112 valence electrons. The molecule has 2 fully saturated rings.